The second kappa shape index (κ2) is 9.25. The van der Waals surface area contributed by atoms with Crippen molar-refractivity contribution in [1.29, 1.82) is 0 Å². The highest BCUT2D eigenvalue weighted by Gasteiger charge is 2.48. The van der Waals surface area contributed by atoms with Crippen LogP contribution in [0.1, 0.15) is 67.6 Å². The van der Waals surface area contributed by atoms with Gasteiger partial charge in [-0.15, -0.1) is 0 Å². The smallest absolute Gasteiger partial charge is 0.354 e. The Morgan fingerprint density at radius 2 is 1.47 bits per heavy atom. The van der Waals surface area contributed by atoms with Crippen LogP contribution < -0.4 is 4.74 Å². The quantitative estimate of drug-likeness (QED) is 0.257. The van der Waals surface area contributed by atoms with Gasteiger partial charge in [-0.2, -0.15) is 0 Å². The molecule has 5 aromatic rings. The van der Waals surface area contributed by atoms with Crippen molar-refractivity contribution in [1.82, 2.24) is 9.55 Å². The molecule has 3 aromatic carbocycles. The molecular weight excluding hydrogens is 472 g/mol. The summed E-state index contributed by atoms with van der Waals surface area (Å²) in [6.45, 7) is 6.34. The molecule has 3 heterocycles. The Hall–Kier alpha value is -4.25. The van der Waals surface area contributed by atoms with Crippen LogP contribution in [0.2, 0.25) is 0 Å². The summed E-state index contributed by atoms with van der Waals surface area (Å²) in [5.41, 5.74) is 9.72. The van der Waals surface area contributed by atoms with E-state index in [-0.39, 0.29) is 23.8 Å². The first-order valence-corrected chi connectivity index (χ1v) is 13.0. The number of hydrogen-bond donors (Lipinski definition) is 1. The molecule has 0 amide bonds. The van der Waals surface area contributed by atoms with Gasteiger partial charge in [0.05, 0.1) is 20.3 Å². The van der Waals surface area contributed by atoms with E-state index in [1.54, 1.807) is 7.11 Å². The van der Waals surface area contributed by atoms with Gasteiger partial charge in [0, 0.05) is 34.1 Å². The zero-order valence-electron chi connectivity index (χ0n) is 22.4. The van der Waals surface area contributed by atoms with Crippen molar-refractivity contribution in [2.45, 2.75) is 38.6 Å². The molecule has 0 radical (unpaired) electrons. The molecule has 0 aliphatic carbocycles. The summed E-state index contributed by atoms with van der Waals surface area (Å²) in [6, 6.07) is 27.3. The average Bonchev–Trinajstić information content (AvgIpc) is 3.56. The first kappa shape index (κ1) is 24.1. The first-order chi connectivity index (χ1) is 18.5. The number of H-pyrrole nitrogens is 1. The van der Waals surface area contributed by atoms with Crippen LogP contribution >= 0.6 is 0 Å². The minimum atomic E-state index is -0.308. The SMILES string of the molecule is COC(=O)c1c(C)c(C)c2n1[C@@H](c1[nH]c3ccccc3c1C)[C@H](c1ccc(OC)cc1)[C@H]2c1ccccc1. The topological polar surface area (TPSA) is 56.2 Å². The minimum absolute atomic E-state index is 0.0350. The van der Waals surface area contributed by atoms with Gasteiger partial charge >= 0.3 is 5.97 Å². The molecule has 2 aromatic heterocycles. The molecule has 0 saturated carbocycles. The predicted molar refractivity (Wildman–Crippen MR) is 150 cm³/mol. The second-order valence-corrected chi connectivity index (χ2v) is 10.2. The van der Waals surface area contributed by atoms with Gasteiger partial charge in [0.1, 0.15) is 11.4 Å². The fraction of sp³-hybridized carbons (Fsp3) is 0.242. The van der Waals surface area contributed by atoms with Crippen LogP contribution in [-0.4, -0.2) is 29.7 Å². The molecule has 0 bridgehead atoms. The van der Waals surface area contributed by atoms with Crippen LogP contribution in [0.25, 0.3) is 10.9 Å². The van der Waals surface area contributed by atoms with Gasteiger partial charge in [-0.25, -0.2) is 4.79 Å². The Bertz CT molecular complexity index is 1640. The van der Waals surface area contributed by atoms with Crippen LogP contribution in [0.3, 0.4) is 0 Å². The molecule has 0 unspecified atom stereocenters. The Morgan fingerprint density at radius 1 is 0.789 bits per heavy atom. The number of aryl methyl sites for hydroxylation is 1. The molecule has 3 atom stereocenters. The first-order valence-electron chi connectivity index (χ1n) is 13.0. The highest BCUT2D eigenvalue weighted by atomic mass is 16.5. The van der Waals surface area contributed by atoms with E-state index in [1.807, 2.05) is 19.1 Å². The number of aromatic nitrogens is 2. The Morgan fingerprint density at radius 3 is 2.13 bits per heavy atom. The number of carbonyl (C=O) groups is 1. The molecule has 192 valence electrons. The van der Waals surface area contributed by atoms with E-state index in [4.69, 9.17) is 9.47 Å². The van der Waals surface area contributed by atoms with Gasteiger partial charge in [0.2, 0.25) is 0 Å². The number of benzene rings is 3. The minimum Gasteiger partial charge on any atom is -0.497 e. The van der Waals surface area contributed by atoms with Gasteiger partial charge in [-0.3, -0.25) is 0 Å². The van der Waals surface area contributed by atoms with Crippen molar-refractivity contribution in [2.75, 3.05) is 14.2 Å². The zero-order chi connectivity index (χ0) is 26.6. The van der Waals surface area contributed by atoms with Gasteiger partial charge in [0.25, 0.3) is 0 Å². The molecule has 6 rings (SSSR count). The Balaban J connectivity index is 1.71. The summed E-state index contributed by atoms with van der Waals surface area (Å²) >= 11 is 0. The molecule has 38 heavy (non-hydrogen) atoms. The highest BCUT2D eigenvalue weighted by molar-refractivity contribution is 5.91. The molecule has 1 aliphatic rings. The molecule has 0 fully saturated rings. The number of para-hydroxylation sites is 1. The van der Waals surface area contributed by atoms with Crippen LogP contribution in [0.15, 0.2) is 78.9 Å². The lowest BCUT2D eigenvalue weighted by Crippen LogP contribution is -2.21. The third-order valence-corrected chi connectivity index (χ3v) is 8.41. The lowest BCUT2D eigenvalue weighted by molar-refractivity contribution is 0.0586. The number of aromatic amines is 1. The summed E-state index contributed by atoms with van der Waals surface area (Å²) in [4.78, 5) is 17.1. The van der Waals surface area contributed by atoms with Crippen molar-refractivity contribution in [2.24, 2.45) is 0 Å². The number of carbonyl (C=O) groups excluding carboxylic acids is 1. The summed E-state index contributed by atoms with van der Waals surface area (Å²) < 4.78 is 13.1. The maximum Gasteiger partial charge on any atom is 0.354 e. The number of rotatable bonds is 5. The highest BCUT2D eigenvalue weighted by Crippen LogP contribution is 2.57. The number of hydrogen-bond acceptors (Lipinski definition) is 3. The maximum atomic E-state index is 13.3. The molecule has 5 heteroatoms. The van der Waals surface area contributed by atoms with Crippen molar-refractivity contribution in [3.63, 3.8) is 0 Å². The fourth-order valence-corrected chi connectivity index (χ4v) is 6.52. The predicted octanol–water partition coefficient (Wildman–Crippen LogP) is 7.21. The summed E-state index contributed by atoms with van der Waals surface area (Å²) in [7, 11) is 3.15. The number of fused-ring (bicyclic) bond motifs is 2. The lowest BCUT2D eigenvalue weighted by atomic mass is 9.76. The zero-order valence-corrected chi connectivity index (χ0v) is 22.4. The van der Waals surface area contributed by atoms with Crippen molar-refractivity contribution in [3.8, 4) is 5.75 Å². The molecule has 1 aliphatic heterocycles. The van der Waals surface area contributed by atoms with Gasteiger partial charge in [-0.1, -0.05) is 60.7 Å². The number of nitrogens with zero attached hydrogens (tertiary/aromatic N) is 1. The standard InChI is InChI=1S/C33H32N2O3/c1-19-20(2)31(33(36)38-5)35-30(19)27(22-11-7-6-8-12-22)28(23-15-17-24(37-4)18-16-23)32(35)29-21(3)25-13-9-10-14-26(25)34-29/h6-18,27-28,32,34H,1-5H3/t27-,28-,32-/m1/s1. The lowest BCUT2D eigenvalue weighted by Gasteiger charge is -2.28. The number of ether oxygens (including phenoxy) is 2. The maximum absolute atomic E-state index is 13.3. The summed E-state index contributed by atoms with van der Waals surface area (Å²) in [5.74, 6) is 0.589. The Kier molecular flexibility index (Phi) is 5.87. The van der Waals surface area contributed by atoms with E-state index in [1.165, 1.54) is 29.2 Å². The van der Waals surface area contributed by atoms with Crippen LogP contribution in [0, 0.1) is 20.8 Å². The second-order valence-electron chi connectivity index (χ2n) is 10.2. The number of nitrogens with one attached hydrogen (secondary N) is 1. The van der Waals surface area contributed by atoms with Gasteiger partial charge in [-0.05, 0) is 66.8 Å². The van der Waals surface area contributed by atoms with Gasteiger partial charge < -0.3 is 19.0 Å². The molecule has 5 nitrogen and oxygen atoms in total. The van der Waals surface area contributed by atoms with Crippen LogP contribution in [0.5, 0.6) is 5.75 Å². The third kappa shape index (κ3) is 3.49. The van der Waals surface area contributed by atoms with Crippen molar-refractivity contribution in [3.05, 3.63) is 124 Å². The molecular formula is C33H32N2O3. The van der Waals surface area contributed by atoms with E-state index < -0.39 is 0 Å². The molecule has 0 saturated heterocycles. The van der Waals surface area contributed by atoms with E-state index in [2.05, 4.69) is 90.1 Å². The monoisotopic (exact) mass is 504 g/mol. The normalized spacial score (nSPS) is 18.5. The van der Waals surface area contributed by atoms with Crippen molar-refractivity contribution >= 4 is 16.9 Å². The fourth-order valence-electron chi connectivity index (χ4n) is 6.52. The van der Waals surface area contributed by atoms with E-state index in [0.717, 1.165) is 33.8 Å². The summed E-state index contributed by atoms with van der Waals surface area (Å²) in [6.07, 6.45) is 0. The van der Waals surface area contributed by atoms with Crippen LogP contribution in [-0.2, 0) is 4.74 Å². The molecule has 1 N–H and O–H groups in total. The van der Waals surface area contributed by atoms with E-state index >= 15 is 0 Å². The number of esters is 1. The largest absolute Gasteiger partial charge is 0.497 e. The van der Waals surface area contributed by atoms with E-state index in [0.29, 0.717) is 5.69 Å². The third-order valence-electron chi connectivity index (χ3n) is 8.41. The summed E-state index contributed by atoms with van der Waals surface area (Å²) in [5, 5.41) is 1.20. The molecule has 0 spiro atoms. The van der Waals surface area contributed by atoms with Crippen molar-refractivity contribution < 1.29 is 14.3 Å². The van der Waals surface area contributed by atoms with Crippen LogP contribution in [0.4, 0.5) is 0 Å². The average molecular weight is 505 g/mol. The number of methoxy groups -OCH3 is 2. The van der Waals surface area contributed by atoms with Gasteiger partial charge in [0.15, 0.2) is 0 Å². The Labute approximate surface area is 223 Å². The van der Waals surface area contributed by atoms with E-state index in [9.17, 15) is 4.79 Å².